The molecule has 0 unspecified atom stereocenters. The first-order valence-corrected chi connectivity index (χ1v) is 9.56. The average molecular weight is 439 g/mol. The summed E-state index contributed by atoms with van der Waals surface area (Å²) in [5.74, 6) is -1.89. The van der Waals surface area contributed by atoms with Gasteiger partial charge in [-0.3, -0.25) is 19.7 Å². The van der Waals surface area contributed by atoms with Crippen LogP contribution in [0.2, 0.25) is 5.02 Å². The van der Waals surface area contributed by atoms with E-state index in [-0.39, 0.29) is 28.9 Å². The van der Waals surface area contributed by atoms with E-state index in [4.69, 9.17) is 16.0 Å². The lowest BCUT2D eigenvalue weighted by molar-refractivity contribution is -0.385. The first-order chi connectivity index (χ1) is 14.9. The van der Waals surface area contributed by atoms with Crippen LogP contribution in [0, 0.1) is 10.1 Å². The van der Waals surface area contributed by atoms with Crippen molar-refractivity contribution in [3.8, 4) is 0 Å². The lowest BCUT2D eigenvalue weighted by Crippen LogP contribution is -2.29. The standard InChI is InChI=1S/C22H15ClN2O6/c23-14-9-7-13(8-10-14)20(26)18-19(16-5-1-2-6-17(16)25(29)30)24(22(28)21(18)27)12-15-4-3-11-31-15/h1-11,19,26H,12H2/b20-18+/t19-/m1/s1. The molecule has 1 atom stereocenters. The number of hydrogen-bond acceptors (Lipinski definition) is 6. The lowest BCUT2D eigenvalue weighted by atomic mass is 9.94. The molecule has 0 radical (unpaired) electrons. The number of likely N-dealkylation sites (tertiary alicyclic amines) is 1. The fraction of sp³-hybridized carbons (Fsp3) is 0.0909. The maximum absolute atomic E-state index is 13.0. The number of carbonyl (C=O) groups is 2. The van der Waals surface area contributed by atoms with E-state index in [9.17, 15) is 24.8 Å². The van der Waals surface area contributed by atoms with Gasteiger partial charge in [-0.05, 0) is 42.5 Å². The normalized spacial score (nSPS) is 17.8. The zero-order valence-electron chi connectivity index (χ0n) is 15.9. The number of benzene rings is 2. The van der Waals surface area contributed by atoms with E-state index in [1.54, 1.807) is 18.2 Å². The van der Waals surface area contributed by atoms with Crippen LogP contribution in [0.4, 0.5) is 5.69 Å². The quantitative estimate of drug-likeness (QED) is 0.207. The summed E-state index contributed by atoms with van der Waals surface area (Å²) < 4.78 is 5.30. The van der Waals surface area contributed by atoms with E-state index in [1.807, 2.05) is 0 Å². The molecule has 1 saturated heterocycles. The van der Waals surface area contributed by atoms with Gasteiger partial charge in [0.15, 0.2) is 0 Å². The lowest BCUT2D eigenvalue weighted by Gasteiger charge is -2.24. The molecule has 4 rings (SSSR count). The number of nitro benzene ring substituents is 1. The Morgan fingerprint density at radius 2 is 1.81 bits per heavy atom. The van der Waals surface area contributed by atoms with Gasteiger partial charge >= 0.3 is 0 Å². The van der Waals surface area contributed by atoms with Gasteiger partial charge in [0.1, 0.15) is 11.5 Å². The number of rotatable bonds is 5. The van der Waals surface area contributed by atoms with Crippen molar-refractivity contribution in [2.75, 3.05) is 0 Å². The van der Waals surface area contributed by atoms with Crippen molar-refractivity contribution >= 4 is 34.7 Å². The van der Waals surface area contributed by atoms with E-state index in [0.29, 0.717) is 10.8 Å². The number of hydrogen-bond donors (Lipinski definition) is 1. The highest BCUT2D eigenvalue weighted by atomic mass is 35.5. The molecule has 0 spiro atoms. The number of amides is 1. The molecule has 9 heteroatoms. The second-order valence-corrected chi connectivity index (χ2v) is 7.27. The Labute approximate surface area is 181 Å². The molecule has 3 aromatic rings. The molecule has 1 aliphatic rings. The molecule has 1 aromatic heterocycles. The fourth-order valence-corrected chi connectivity index (χ4v) is 3.71. The van der Waals surface area contributed by atoms with Crippen molar-refractivity contribution in [2.24, 2.45) is 0 Å². The van der Waals surface area contributed by atoms with E-state index >= 15 is 0 Å². The van der Waals surface area contributed by atoms with Crippen LogP contribution in [0.1, 0.15) is 22.9 Å². The van der Waals surface area contributed by atoms with Crippen LogP contribution in [0.3, 0.4) is 0 Å². The van der Waals surface area contributed by atoms with Gasteiger partial charge in [-0.15, -0.1) is 0 Å². The third-order valence-corrected chi connectivity index (χ3v) is 5.24. The Morgan fingerprint density at radius 3 is 2.45 bits per heavy atom. The summed E-state index contributed by atoms with van der Waals surface area (Å²) in [6.07, 6.45) is 1.42. The first kappa shape index (κ1) is 20.4. The van der Waals surface area contributed by atoms with Crippen LogP contribution in [0.15, 0.2) is 76.9 Å². The monoisotopic (exact) mass is 438 g/mol. The predicted molar refractivity (Wildman–Crippen MR) is 111 cm³/mol. The summed E-state index contributed by atoms with van der Waals surface area (Å²) >= 11 is 5.90. The molecule has 2 aromatic carbocycles. The van der Waals surface area contributed by atoms with Crippen LogP contribution in [0.5, 0.6) is 0 Å². The highest BCUT2D eigenvalue weighted by molar-refractivity contribution is 6.46. The third-order valence-electron chi connectivity index (χ3n) is 4.99. The number of Topliss-reactive ketones (excluding diaryl/α,β-unsaturated/α-hetero) is 1. The number of aliphatic hydroxyl groups is 1. The Balaban J connectivity index is 1.93. The molecule has 1 aliphatic heterocycles. The van der Waals surface area contributed by atoms with Crippen LogP contribution in [0.25, 0.3) is 5.76 Å². The van der Waals surface area contributed by atoms with Crippen LogP contribution < -0.4 is 0 Å². The highest BCUT2D eigenvalue weighted by Gasteiger charge is 2.48. The summed E-state index contributed by atoms with van der Waals surface area (Å²) in [7, 11) is 0. The SMILES string of the molecule is O=C1C(=O)N(Cc2ccco2)[C@H](c2ccccc2[N+](=O)[O-])/C1=C(\O)c1ccc(Cl)cc1. The fourth-order valence-electron chi connectivity index (χ4n) is 3.59. The number of carbonyl (C=O) groups excluding carboxylic acids is 2. The molecule has 8 nitrogen and oxygen atoms in total. The van der Waals surface area contributed by atoms with Gasteiger partial charge in [0.2, 0.25) is 0 Å². The summed E-state index contributed by atoms with van der Waals surface area (Å²) in [4.78, 5) is 38.1. The molecular weight excluding hydrogens is 424 g/mol. The maximum Gasteiger partial charge on any atom is 0.296 e. The zero-order valence-corrected chi connectivity index (χ0v) is 16.7. The predicted octanol–water partition coefficient (Wildman–Crippen LogP) is 4.46. The van der Waals surface area contributed by atoms with Crippen molar-refractivity contribution in [1.82, 2.24) is 4.90 Å². The Morgan fingerprint density at radius 1 is 1.10 bits per heavy atom. The van der Waals surface area contributed by atoms with Crippen molar-refractivity contribution in [2.45, 2.75) is 12.6 Å². The van der Waals surface area contributed by atoms with Gasteiger partial charge in [0.05, 0.1) is 34.9 Å². The minimum atomic E-state index is -1.18. The minimum Gasteiger partial charge on any atom is -0.507 e. The van der Waals surface area contributed by atoms with E-state index < -0.39 is 28.4 Å². The number of halogens is 1. The topological polar surface area (TPSA) is 114 Å². The second kappa shape index (κ2) is 8.08. The molecule has 2 heterocycles. The van der Waals surface area contributed by atoms with Gasteiger partial charge in [-0.25, -0.2) is 0 Å². The van der Waals surface area contributed by atoms with E-state index in [1.165, 1.54) is 48.7 Å². The minimum absolute atomic E-state index is 0.105. The molecule has 1 amide bonds. The Kier molecular flexibility index (Phi) is 5.31. The Hall–Kier alpha value is -3.91. The largest absolute Gasteiger partial charge is 0.507 e. The maximum atomic E-state index is 13.0. The van der Waals surface area contributed by atoms with Gasteiger partial charge in [0, 0.05) is 16.7 Å². The van der Waals surface area contributed by atoms with Crippen molar-refractivity contribution in [1.29, 1.82) is 0 Å². The van der Waals surface area contributed by atoms with Gasteiger partial charge in [-0.2, -0.15) is 0 Å². The smallest absolute Gasteiger partial charge is 0.296 e. The second-order valence-electron chi connectivity index (χ2n) is 6.83. The molecule has 1 fully saturated rings. The van der Waals surface area contributed by atoms with Crippen LogP contribution in [-0.4, -0.2) is 26.6 Å². The number of ketones is 1. The van der Waals surface area contributed by atoms with Crippen molar-refractivity contribution < 1.29 is 24.0 Å². The van der Waals surface area contributed by atoms with Crippen molar-refractivity contribution in [3.05, 3.63) is 105 Å². The van der Waals surface area contributed by atoms with E-state index in [2.05, 4.69) is 0 Å². The van der Waals surface area contributed by atoms with Gasteiger partial charge in [0.25, 0.3) is 17.4 Å². The summed E-state index contributed by atoms with van der Waals surface area (Å²) in [5.41, 5.74) is -0.160. The number of aliphatic hydroxyl groups excluding tert-OH is 1. The molecule has 31 heavy (non-hydrogen) atoms. The molecule has 0 bridgehead atoms. The number of nitrogens with zero attached hydrogens (tertiary/aromatic N) is 2. The number of para-hydroxylation sites is 1. The summed E-state index contributed by atoms with van der Waals surface area (Å²) in [6, 6.07) is 13.9. The zero-order chi connectivity index (χ0) is 22.1. The third kappa shape index (κ3) is 3.69. The van der Waals surface area contributed by atoms with E-state index in [0.717, 1.165) is 4.90 Å². The first-order valence-electron chi connectivity index (χ1n) is 9.18. The molecule has 0 aliphatic carbocycles. The molecular formula is C22H15ClN2O6. The molecule has 0 saturated carbocycles. The molecule has 156 valence electrons. The summed E-state index contributed by atoms with van der Waals surface area (Å²) in [6.45, 7) is -0.105. The number of nitro groups is 1. The highest BCUT2D eigenvalue weighted by Crippen LogP contribution is 2.43. The van der Waals surface area contributed by atoms with Crippen LogP contribution in [-0.2, 0) is 16.1 Å². The molecule has 1 N–H and O–H groups in total. The Bertz CT molecular complexity index is 1200. The van der Waals surface area contributed by atoms with Gasteiger partial charge in [-0.1, -0.05) is 23.7 Å². The average Bonchev–Trinajstić information content (AvgIpc) is 3.36. The number of furan rings is 1. The van der Waals surface area contributed by atoms with Gasteiger partial charge < -0.3 is 14.4 Å². The van der Waals surface area contributed by atoms with Crippen molar-refractivity contribution in [3.63, 3.8) is 0 Å². The van der Waals surface area contributed by atoms with Crippen LogP contribution >= 0.6 is 11.6 Å². The summed E-state index contributed by atoms with van der Waals surface area (Å²) in [5, 5.41) is 23.0.